The Hall–Kier alpha value is -2.73. The lowest BCUT2D eigenvalue weighted by Gasteiger charge is -2.39. The fourth-order valence-electron chi connectivity index (χ4n) is 5.08. The van der Waals surface area contributed by atoms with Gasteiger partial charge in [-0.25, -0.2) is 0 Å². The minimum atomic E-state index is 0.0943. The van der Waals surface area contributed by atoms with E-state index in [0.29, 0.717) is 37.6 Å². The summed E-state index contributed by atoms with van der Waals surface area (Å²) in [5.74, 6) is 3.77. The Morgan fingerprint density at radius 2 is 1.84 bits per heavy atom. The topological polar surface area (TPSA) is 60.0 Å². The number of anilines is 1. The Bertz CT molecular complexity index is 990. The molecule has 2 aromatic carbocycles. The Kier molecular flexibility index (Phi) is 5.96. The number of rotatable bonds is 3. The first kappa shape index (κ1) is 21.1. The third kappa shape index (κ3) is 4.56. The van der Waals surface area contributed by atoms with Crippen LogP contribution in [-0.4, -0.2) is 37.3 Å². The summed E-state index contributed by atoms with van der Waals surface area (Å²) in [6, 6.07) is 12.3. The average molecular weight is 437 g/mol. The summed E-state index contributed by atoms with van der Waals surface area (Å²) < 4.78 is 17.1. The molecule has 2 atom stereocenters. The minimum absolute atomic E-state index is 0.0943. The fourth-order valence-corrected chi connectivity index (χ4v) is 5.08. The van der Waals surface area contributed by atoms with Crippen LogP contribution in [0, 0.1) is 11.8 Å². The molecule has 1 amide bonds. The van der Waals surface area contributed by atoms with Gasteiger partial charge in [0, 0.05) is 19.5 Å². The van der Waals surface area contributed by atoms with Gasteiger partial charge in [-0.3, -0.25) is 9.69 Å². The molecule has 3 aliphatic heterocycles. The van der Waals surface area contributed by atoms with Crippen LogP contribution in [0.15, 0.2) is 36.4 Å². The zero-order valence-corrected chi connectivity index (χ0v) is 18.9. The molecule has 1 N–H and O–H groups in total. The van der Waals surface area contributed by atoms with Crippen LogP contribution in [-0.2, 0) is 11.3 Å². The first-order valence-corrected chi connectivity index (χ1v) is 11.7. The molecule has 0 radical (unpaired) electrons. The summed E-state index contributed by atoms with van der Waals surface area (Å²) >= 11 is 0. The zero-order chi connectivity index (χ0) is 22.1. The normalized spacial score (nSPS) is 23.2. The van der Waals surface area contributed by atoms with E-state index >= 15 is 0 Å². The number of fused-ring (bicyclic) bond motifs is 3. The van der Waals surface area contributed by atoms with Crippen molar-refractivity contribution < 1.29 is 19.0 Å². The molecule has 6 nitrogen and oxygen atoms in total. The number of nitrogens with one attached hydrogen (secondary N) is 1. The van der Waals surface area contributed by atoms with Crippen molar-refractivity contribution in [1.29, 1.82) is 0 Å². The number of likely N-dealkylation sites (tertiary alicyclic amines) is 1. The molecule has 3 aliphatic rings. The summed E-state index contributed by atoms with van der Waals surface area (Å²) in [5, 5.41) is 3.13. The quantitative estimate of drug-likeness (QED) is 0.750. The zero-order valence-electron chi connectivity index (χ0n) is 18.9. The Balaban J connectivity index is 1.26. The molecule has 2 aromatic rings. The Morgan fingerprint density at radius 3 is 2.72 bits per heavy atom. The van der Waals surface area contributed by atoms with Crippen LogP contribution < -0.4 is 19.5 Å². The van der Waals surface area contributed by atoms with Crippen LogP contribution in [0.2, 0.25) is 0 Å². The smallest absolute Gasteiger partial charge is 0.231 e. The third-order valence-electron chi connectivity index (χ3n) is 6.96. The Morgan fingerprint density at radius 1 is 1.00 bits per heavy atom. The van der Waals surface area contributed by atoms with E-state index in [-0.39, 0.29) is 5.91 Å². The van der Waals surface area contributed by atoms with Crippen molar-refractivity contribution >= 4 is 11.6 Å². The van der Waals surface area contributed by atoms with Gasteiger partial charge in [0.05, 0.1) is 12.3 Å². The van der Waals surface area contributed by atoms with E-state index in [1.165, 1.54) is 11.1 Å². The van der Waals surface area contributed by atoms with Gasteiger partial charge in [-0.1, -0.05) is 26.0 Å². The van der Waals surface area contributed by atoms with Gasteiger partial charge in [-0.05, 0) is 72.5 Å². The summed E-state index contributed by atoms with van der Waals surface area (Å²) in [7, 11) is 0. The molecular formula is C26H32N2O4. The number of piperidine rings is 1. The van der Waals surface area contributed by atoms with Crippen LogP contribution in [0.25, 0.3) is 0 Å². The average Bonchev–Trinajstić information content (AvgIpc) is 3.24. The molecule has 32 heavy (non-hydrogen) atoms. The molecule has 0 aliphatic carbocycles. The van der Waals surface area contributed by atoms with E-state index in [4.69, 9.17) is 14.2 Å². The molecule has 0 aromatic heterocycles. The van der Waals surface area contributed by atoms with Crippen LogP contribution in [0.5, 0.6) is 17.2 Å². The number of ether oxygens (including phenoxy) is 3. The maximum atomic E-state index is 12.9. The van der Waals surface area contributed by atoms with Crippen molar-refractivity contribution in [3.8, 4) is 17.2 Å². The molecule has 1 saturated heterocycles. The highest BCUT2D eigenvalue weighted by Gasteiger charge is 2.32. The van der Waals surface area contributed by atoms with Crippen LogP contribution in [0.4, 0.5) is 5.69 Å². The van der Waals surface area contributed by atoms with Crippen molar-refractivity contribution in [3.05, 3.63) is 47.5 Å². The monoisotopic (exact) mass is 436 g/mol. The van der Waals surface area contributed by atoms with Gasteiger partial charge < -0.3 is 19.5 Å². The predicted octanol–water partition coefficient (Wildman–Crippen LogP) is 4.79. The first-order chi connectivity index (χ1) is 15.5. The second-order valence-electron chi connectivity index (χ2n) is 9.53. The van der Waals surface area contributed by atoms with Gasteiger partial charge in [0.15, 0.2) is 11.5 Å². The van der Waals surface area contributed by atoms with Crippen molar-refractivity contribution in [1.82, 2.24) is 4.90 Å². The lowest BCUT2D eigenvalue weighted by molar-refractivity contribution is -0.118. The van der Waals surface area contributed by atoms with Crippen molar-refractivity contribution in [2.45, 2.75) is 45.6 Å². The first-order valence-electron chi connectivity index (χ1n) is 11.7. The molecule has 170 valence electrons. The number of hydrogen-bond donors (Lipinski definition) is 1. The second kappa shape index (κ2) is 9.02. The maximum Gasteiger partial charge on any atom is 0.231 e. The van der Waals surface area contributed by atoms with E-state index in [0.717, 1.165) is 55.4 Å². The summed E-state index contributed by atoms with van der Waals surface area (Å²) in [5.41, 5.74) is 3.25. The van der Waals surface area contributed by atoms with Crippen molar-refractivity contribution in [2.24, 2.45) is 11.8 Å². The molecule has 1 fully saturated rings. The molecule has 0 spiro atoms. The number of hydrogen-bond acceptors (Lipinski definition) is 5. The second-order valence-corrected chi connectivity index (χ2v) is 9.53. The van der Waals surface area contributed by atoms with Gasteiger partial charge in [-0.15, -0.1) is 0 Å². The SMILES string of the molecule is CC(C)c1ccc2c(c1)NC(=O)C[C@@H]1CCN(Cc3ccc4c(c3)OCO4)C[C@@H]1CCO2. The lowest BCUT2D eigenvalue weighted by Crippen LogP contribution is -2.42. The number of carbonyl (C=O) groups excluding carboxylic acids is 1. The molecule has 5 rings (SSSR count). The molecule has 6 heteroatoms. The van der Waals surface area contributed by atoms with Crippen LogP contribution in [0.3, 0.4) is 0 Å². The molecular weight excluding hydrogens is 404 g/mol. The predicted molar refractivity (Wildman–Crippen MR) is 123 cm³/mol. The van der Waals surface area contributed by atoms with E-state index in [2.05, 4.69) is 48.3 Å². The lowest BCUT2D eigenvalue weighted by atomic mass is 9.81. The minimum Gasteiger partial charge on any atom is -0.491 e. The van der Waals surface area contributed by atoms with Crippen molar-refractivity contribution in [2.75, 3.05) is 31.8 Å². The highest BCUT2D eigenvalue weighted by Crippen LogP contribution is 2.36. The van der Waals surface area contributed by atoms with Crippen LogP contribution in [0.1, 0.15) is 50.2 Å². The molecule has 0 saturated carbocycles. The van der Waals surface area contributed by atoms with Crippen LogP contribution >= 0.6 is 0 Å². The van der Waals surface area contributed by atoms with Gasteiger partial charge in [-0.2, -0.15) is 0 Å². The van der Waals surface area contributed by atoms with E-state index in [1.807, 2.05) is 12.1 Å². The van der Waals surface area contributed by atoms with E-state index < -0.39 is 0 Å². The van der Waals surface area contributed by atoms with Gasteiger partial charge >= 0.3 is 0 Å². The number of benzene rings is 2. The molecule has 0 unspecified atom stereocenters. The summed E-state index contributed by atoms with van der Waals surface area (Å²) in [6.45, 7) is 8.15. The van der Waals surface area contributed by atoms with Gasteiger partial charge in [0.1, 0.15) is 5.75 Å². The Labute approximate surface area is 189 Å². The van der Waals surface area contributed by atoms with Gasteiger partial charge in [0.25, 0.3) is 0 Å². The largest absolute Gasteiger partial charge is 0.491 e. The number of amides is 1. The van der Waals surface area contributed by atoms with E-state index in [1.54, 1.807) is 0 Å². The van der Waals surface area contributed by atoms with E-state index in [9.17, 15) is 4.79 Å². The number of nitrogens with zero attached hydrogens (tertiary/aromatic N) is 1. The number of carbonyl (C=O) groups is 1. The highest BCUT2D eigenvalue weighted by atomic mass is 16.7. The molecule has 3 heterocycles. The maximum absolute atomic E-state index is 12.9. The molecule has 0 bridgehead atoms. The van der Waals surface area contributed by atoms with Crippen molar-refractivity contribution in [3.63, 3.8) is 0 Å². The standard InChI is InChI=1S/C26H32N2O4/c1-17(2)19-4-6-23-22(12-19)27-26(29)13-20-7-9-28(15-21(20)8-10-30-23)14-18-3-5-24-25(11-18)32-16-31-24/h3-6,11-12,17,20-21H,7-10,13-16H2,1-2H3,(H,27,29)/t20-,21-/m0/s1. The fraction of sp³-hybridized carbons (Fsp3) is 0.500. The third-order valence-corrected chi connectivity index (χ3v) is 6.96. The highest BCUT2D eigenvalue weighted by molar-refractivity contribution is 5.92. The summed E-state index contributed by atoms with van der Waals surface area (Å²) in [6.07, 6.45) is 2.57. The van der Waals surface area contributed by atoms with Gasteiger partial charge in [0.2, 0.25) is 12.7 Å². The summed E-state index contributed by atoms with van der Waals surface area (Å²) in [4.78, 5) is 15.4.